The standard InChI is InChI=1S/C22H20N2O2/c25-21(24-20-13-7-8-14-23-20)19-15-22(19,17-9-3-1-4-10-17)16-26-18-11-5-2-6-12-18/h1-14,19H,15-16H2,(H,23,24,25)/t19-,22+/m0/s1. The van der Waals surface area contributed by atoms with E-state index >= 15 is 0 Å². The van der Waals surface area contributed by atoms with Gasteiger partial charge >= 0.3 is 0 Å². The number of carbonyl (C=O) groups is 1. The van der Waals surface area contributed by atoms with Crippen molar-refractivity contribution in [1.29, 1.82) is 0 Å². The number of hydrogen-bond donors (Lipinski definition) is 1. The van der Waals surface area contributed by atoms with Crippen LogP contribution in [0.25, 0.3) is 0 Å². The number of aromatic nitrogens is 1. The van der Waals surface area contributed by atoms with Crippen LogP contribution in [0.1, 0.15) is 12.0 Å². The molecule has 0 saturated heterocycles. The lowest BCUT2D eigenvalue weighted by molar-refractivity contribution is -0.117. The number of hydrogen-bond acceptors (Lipinski definition) is 3. The first-order valence-corrected chi connectivity index (χ1v) is 8.73. The molecule has 0 aliphatic heterocycles. The number of rotatable bonds is 6. The number of anilines is 1. The van der Waals surface area contributed by atoms with E-state index < -0.39 is 0 Å². The maximum Gasteiger partial charge on any atom is 0.229 e. The number of para-hydroxylation sites is 1. The van der Waals surface area contributed by atoms with E-state index in [4.69, 9.17) is 4.74 Å². The van der Waals surface area contributed by atoms with Crippen molar-refractivity contribution in [3.8, 4) is 5.75 Å². The molecule has 1 heterocycles. The number of pyridine rings is 1. The monoisotopic (exact) mass is 344 g/mol. The van der Waals surface area contributed by atoms with Gasteiger partial charge in [0.05, 0.1) is 12.5 Å². The minimum Gasteiger partial charge on any atom is -0.493 e. The number of nitrogens with zero attached hydrogens (tertiary/aromatic N) is 1. The number of carbonyl (C=O) groups excluding carboxylic acids is 1. The van der Waals surface area contributed by atoms with Gasteiger partial charge in [0.1, 0.15) is 11.6 Å². The minimum atomic E-state index is -0.296. The Balaban J connectivity index is 1.53. The zero-order valence-corrected chi connectivity index (χ0v) is 14.3. The van der Waals surface area contributed by atoms with Crippen molar-refractivity contribution in [3.63, 3.8) is 0 Å². The van der Waals surface area contributed by atoms with Crippen LogP contribution < -0.4 is 10.1 Å². The highest BCUT2D eigenvalue weighted by Gasteiger charge is 2.60. The van der Waals surface area contributed by atoms with Crippen LogP contribution in [0.15, 0.2) is 85.1 Å². The lowest BCUT2D eigenvalue weighted by Gasteiger charge is -2.19. The summed E-state index contributed by atoms with van der Waals surface area (Å²) in [6.07, 6.45) is 2.44. The number of nitrogens with one attached hydrogen (secondary N) is 1. The SMILES string of the molecule is O=C(Nc1ccccn1)[C@@H]1C[C@@]1(COc1ccccc1)c1ccccc1. The summed E-state index contributed by atoms with van der Waals surface area (Å²) in [5.74, 6) is 1.26. The molecule has 130 valence electrons. The molecular formula is C22H20N2O2. The molecule has 1 N–H and O–H groups in total. The van der Waals surface area contributed by atoms with Crippen LogP contribution in [0.5, 0.6) is 5.75 Å². The van der Waals surface area contributed by atoms with E-state index in [0.717, 1.165) is 17.7 Å². The van der Waals surface area contributed by atoms with Crippen molar-refractivity contribution in [2.45, 2.75) is 11.8 Å². The molecule has 0 spiro atoms. The van der Waals surface area contributed by atoms with Gasteiger partial charge in [0.25, 0.3) is 0 Å². The fourth-order valence-electron chi connectivity index (χ4n) is 3.36. The third kappa shape index (κ3) is 3.31. The van der Waals surface area contributed by atoms with Gasteiger partial charge in [0.2, 0.25) is 5.91 Å². The molecule has 4 nitrogen and oxygen atoms in total. The van der Waals surface area contributed by atoms with Crippen LogP contribution in [-0.2, 0) is 10.2 Å². The van der Waals surface area contributed by atoms with Gasteiger partial charge < -0.3 is 10.1 Å². The summed E-state index contributed by atoms with van der Waals surface area (Å²) in [5, 5.41) is 2.92. The van der Waals surface area contributed by atoms with Gasteiger partial charge in [-0.3, -0.25) is 4.79 Å². The Hall–Kier alpha value is -3.14. The Kier molecular flexibility index (Phi) is 4.40. The second-order valence-electron chi connectivity index (χ2n) is 6.58. The summed E-state index contributed by atoms with van der Waals surface area (Å²) >= 11 is 0. The molecule has 1 fully saturated rings. The first kappa shape index (κ1) is 16.3. The van der Waals surface area contributed by atoms with E-state index in [-0.39, 0.29) is 17.2 Å². The largest absolute Gasteiger partial charge is 0.493 e. The maximum absolute atomic E-state index is 12.8. The highest BCUT2D eigenvalue weighted by molar-refractivity contribution is 5.95. The van der Waals surface area contributed by atoms with Gasteiger partial charge in [-0.05, 0) is 36.2 Å². The van der Waals surface area contributed by atoms with E-state index in [0.29, 0.717) is 12.4 Å². The van der Waals surface area contributed by atoms with Crippen LogP contribution in [-0.4, -0.2) is 17.5 Å². The molecular weight excluding hydrogens is 324 g/mol. The van der Waals surface area contributed by atoms with Gasteiger partial charge in [0.15, 0.2) is 0 Å². The molecule has 1 aliphatic carbocycles. The van der Waals surface area contributed by atoms with Gasteiger partial charge in [0, 0.05) is 11.6 Å². The molecule has 26 heavy (non-hydrogen) atoms. The fraction of sp³-hybridized carbons (Fsp3) is 0.182. The molecule has 3 aromatic rings. The molecule has 2 atom stereocenters. The summed E-state index contributed by atoms with van der Waals surface area (Å²) in [6, 6.07) is 25.3. The summed E-state index contributed by atoms with van der Waals surface area (Å²) in [7, 11) is 0. The lowest BCUT2D eigenvalue weighted by Crippen LogP contribution is -2.26. The zero-order valence-electron chi connectivity index (χ0n) is 14.3. The highest BCUT2D eigenvalue weighted by atomic mass is 16.5. The van der Waals surface area contributed by atoms with Gasteiger partial charge in [-0.2, -0.15) is 0 Å². The molecule has 1 aromatic heterocycles. The van der Waals surface area contributed by atoms with Gasteiger partial charge in [-0.25, -0.2) is 4.98 Å². The van der Waals surface area contributed by atoms with Crippen molar-refractivity contribution in [3.05, 3.63) is 90.6 Å². The summed E-state index contributed by atoms with van der Waals surface area (Å²) in [6.45, 7) is 0.474. The minimum absolute atomic E-state index is 0.00999. The quantitative estimate of drug-likeness (QED) is 0.734. The van der Waals surface area contributed by atoms with E-state index in [1.807, 2.05) is 60.7 Å². The lowest BCUT2D eigenvalue weighted by atomic mass is 9.93. The van der Waals surface area contributed by atoms with Crippen LogP contribution in [0.3, 0.4) is 0 Å². The maximum atomic E-state index is 12.8. The van der Waals surface area contributed by atoms with Crippen LogP contribution in [0, 0.1) is 5.92 Å². The topological polar surface area (TPSA) is 51.2 Å². The van der Waals surface area contributed by atoms with Crippen molar-refractivity contribution in [2.75, 3.05) is 11.9 Å². The van der Waals surface area contributed by atoms with Crippen LogP contribution in [0.2, 0.25) is 0 Å². The smallest absolute Gasteiger partial charge is 0.229 e. The third-order valence-corrected chi connectivity index (χ3v) is 4.90. The van der Waals surface area contributed by atoms with Crippen LogP contribution >= 0.6 is 0 Å². The molecule has 1 amide bonds. The van der Waals surface area contributed by atoms with Crippen molar-refractivity contribution in [2.24, 2.45) is 5.92 Å². The van der Waals surface area contributed by atoms with Gasteiger partial charge in [-0.1, -0.05) is 54.6 Å². The average molecular weight is 344 g/mol. The number of ether oxygens (including phenoxy) is 1. The van der Waals surface area contributed by atoms with E-state index in [9.17, 15) is 4.79 Å². The molecule has 4 rings (SSSR count). The number of amides is 1. The second-order valence-corrected chi connectivity index (χ2v) is 6.58. The van der Waals surface area contributed by atoms with Gasteiger partial charge in [-0.15, -0.1) is 0 Å². The first-order valence-electron chi connectivity index (χ1n) is 8.73. The van der Waals surface area contributed by atoms with Crippen molar-refractivity contribution < 1.29 is 9.53 Å². The van der Waals surface area contributed by atoms with E-state index in [1.54, 1.807) is 12.3 Å². The highest BCUT2D eigenvalue weighted by Crippen LogP contribution is 2.54. The third-order valence-electron chi connectivity index (χ3n) is 4.90. The Morgan fingerprint density at radius 2 is 1.69 bits per heavy atom. The zero-order chi connectivity index (χ0) is 17.8. The van der Waals surface area contributed by atoms with Crippen molar-refractivity contribution in [1.82, 2.24) is 4.98 Å². The summed E-state index contributed by atoms with van der Waals surface area (Å²) < 4.78 is 6.02. The van der Waals surface area contributed by atoms with Crippen molar-refractivity contribution >= 4 is 11.7 Å². The molecule has 0 bridgehead atoms. The fourth-order valence-corrected chi connectivity index (χ4v) is 3.36. The second kappa shape index (κ2) is 7.00. The Morgan fingerprint density at radius 3 is 2.38 bits per heavy atom. The summed E-state index contributed by atoms with van der Waals surface area (Å²) in [5.41, 5.74) is 0.841. The molecule has 0 radical (unpaired) electrons. The van der Waals surface area contributed by atoms with Crippen LogP contribution in [0.4, 0.5) is 5.82 Å². The normalized spacial score (nSPS) is 21.0. The Morgan fingerprint density at radius 1 is 1.00 bits per heavy atom. The molecule has 1 saturated carbocycles. The average Bonchev–Trinajstić information content (AvgIpc) is 3.45. The predicted molar refractivity (Wildman–Crippen MR) is 101 cm³/mol. The molecule has 0 unspecified atom stereocenters. The first-order chi connectivity index (χ1) is 12.8. The molecule has 4 heteroatoms. The van der Waals surface area contributed by atoms with E-state index in [2.05, 4.69) is 22.4 Å². The molecule has 1 aliphatic rings. The molecule has 2 aromatic carbocycles. The Bertz CT molecular complexity index is 868. The summed E-state index contributed by atoms with van der Waals surface area (Å²) in [4.78, 5) is 16.9. The van der Waals surface area contributed by atoms with E-state index in [1.165, 1.54) is 0 Å². The predicted octanol–water partition coefficient (Wildman–Crippen LogP) is 4.06. The number of benzene rings is 2. The Labute approximate surface area is 152 Å².